The number of imidazole rings is 1. The highest BCUT2D eigenvalue weighted by Gasteiger charge is 2.28. The minimum atomic E-state index is -0.310. The maximum atomic E-state index is 12.3. The quantitative estimate of drug-likeness (QED) is 0.854. The molecule has 1 aliphatic rings. The van der Waals surface area contributed by atoms with Crippen LogP contribution in [-0.4, -0.2) is 21.5 Å². The Balaban J connectivity index is 2.01. The number of benzene rings is 1. The summed E-state index contributed by atoms with van der Waals surface area (Å²) in [4.78, 5) is 16.8. The molecule has 0 radical (unpaired) electrons. The molecule has 1 atom stereocenters. The molecule has 1 saturated carbocycles. The molecule has 1 aromatic carbocycles. The van der Waals surface area contributed by atoms with Crippen LogP contribution in [0.15, 0.2) is 22.7 Å². The van der Waals surface area contributed by atoms with Crippen LogP contribution in [0.4, 0.5) is 0 Å². The third-order valence-electron chi connectivity index (χ3n) is 3.53. The number of halogens is 2. The second-order valence-corrected chi connectivity index (χ2v) is 6.31. The van der Waals surface area contributed by atoms with Crippen molar-refractivity contribution in [3.05, 3.63) is 28.5 Å². The lowest BCUT2D eigenvalue weighted by molar-refractivity contribution is -0.123. The Hall–Kier alpha value is -1.07. The fourth-order valence-electron chi connectivity index (χ4n) is 2.31. The van der Waals surface area contributed by atoms with Gasteiger partial charge in [0.2, 0.25) is 5.91 Å². The SMILES string of the molecule is CC(C(=O)NC1CC1)n1c(CCl)nc2cc(Br)ccc21. The van der Waals surface area contributed by atoms with Gasteiger partial charge in [-0.2, -0.15) is 0 Å². The highest BCUT2D eigenvalue weighted by atomic mass is 79.9. The Morgan fingerprint density at radius 3 is 3.00 bits per heavy atom. The summed E-state index contributed by atoms with van der Waals surface area (Å²) < 4.78 is 2.89. The summed E-state index contributed by atoms with van der Waals surface area (Å²) in [6, 6.07) is 5.89. The van der Waals surface area contributed by atoms with E-state index in [1.807, 2.05) is 29.7 Å². The minimum absolute atomic E-state index is 0.0288. The molecule has 0 spiro atoms. The van der Waals surface area contributed by atoms with E-state index in [4.69, 9.17) is 11.6 Å². The average molecular weight is 357 g/mol. The first kappa shape index (κ1) is 13.9. The van der Waals surface area contributed by atoms with Gasteiger partial charge in [-0.15, -0.1) is 11.6 Å². The van der Waals surface area contributed by atoms with Gasteiger partial charge in [-0.3, -0.25) is 4.79 Å². The highest BCUT2D eigenvalue weighted by Crippen LogP contribution is 2.26. The number of nitrogens with one attached hydrogen (secondary N) is 1. The van der Waals surface area contributed by atoms with E-state index in [9.17, 15) is 4.79 Å². The summed E-state index contributed by atoms with van der Waals surface area (Å²) in [5.74, 6) is 1.03. The third-order valence-corrected chi connectivity index (χ3v) is 4.27. The fraction of sp³-hybridized carbons (Fsp3) is 0.429. The smallest absolute Gasteiger partial charge is 0.243 e. The van der Waals surface area contributed by atoms with Crippen molar-refractivity contribution >= 4 is 44.5 Å². The summed E-state index contributed by atoms with van der Waals surface area (Å²) in [7, 11) is 0. The van der Waals surface area contributed by atoms with Gasteiger partial charge >= 0.3 is 0 Å². The zero-order valence-electron chi connectivity index (χ0n) is 11.1. The van der Waals surface area contributed by atoms with Gasteiger partial charge in [-0.05, 0) is 38.0 Å². The van der Waals surface area contributed by atoms with Crippen molar-refractivity contribution in [2.24, 2.45) is 0 Å². The number of nitrogens with zero attached hydrogens (tertiary/aromatic N) is 2. The number of carbonyl (C=O) groups excluding carboxylic acids is 1. The van der Waals surface area contributed by atoms with Gasteiger partial charge in [-0.1, -0.05) is 15.9 Å². The van der Waals surface area contributed by atoms with Crippen LogP contribution in [-0.2, 0) is 10.7 Å². The number of rotatable bonds is 4. The average Bonchev–Trinajstić information content (AvgIpc) is 3.16. The predicted molar refractivity (Wildman–Crippen MR) is 82.9 cm³/mol. The molecule has 2 aromatic rings. The van der Waals surface area contributed by atoms with E-state index < -0.39 is 0 Å². The molecule has 1 unspecified atom stereocenters. The van der Waals surface area contributed by atoms with Gasteiger partial charge in [0.25, 0.3) is 0 Å². The van der Waals surface area contributed by atoms with Gasteiger partial charge in [0.15, 0.2) is 0 Å². The Morgan fingerprint density at radius 1 is 1.60 bits per heavy atom. The summed E-state index contributed by atoms with van der Waals surface area (Å²) in [5, 5.41) is 3.03. The molecular weight excluding hydrogens is 342 g/mol. The van der Waals surface area contributed by atoms with E-state index >= 15 is 0 Å². The molecule has 1 heterocycles. The fourth-order valence-corrected chi connectivity index (χ4v) is 2.85. The van der Waals surface area contributed by atoms with Crippen molar-refractivity contribution < 1.29 is 4.79 Å². The lowest BCUT2D eigenvalue weighted by Gasteiger charge is -2.16. The normalized spacial score (nSPS) is 16.4. The molecule has 0 aliphatic heterocycles. The van der Waals surface area contributed by atoms with Gasteiger partial charge in [0.1, 0.15) is 11.9 Å². The van der Waals surface area contributed by atoms with Gasteiger partial charge in [-0.25, -0.2) is 4.98 Å². The number of hydrogen-bond donors (Lipinski definition) is 1. The number of alkyl halides is 1. The van der Waals surface area contributed by atoms with Crippen LogP contribution < -0.4 is 5.32 Å². The van der Waals surface area contributed by atoms with Crippen LogP contribution in [0.25, 0.3) is 11.0 Å². The number of amides is 1. The van der Waals surface area contributed by atoms with Gasteiger partial charge in [0, 0.05) is 10.5 Å². The van der Waals surface area contributed by atoms with Crippen LogP contribution in [0.2, 0.25) is 0 Å². The third kappa shape index (κ3) is 2.56. The molecule has 1 amide bonds. The summed E-state index contributed by atoms with van der Waals surface area (Å²) in [6.45, 7) is 1.89. The summed E-state index contributed by atoms with van der Waals surface area (Å²) >= 11 is 9.42. The first-order valence-electron chi connectivity index (χ1n) is 6.63. The largest absolute Gasteiger partial charge is 0.352 e. The standard InChI is InChI=1S/C14H15BrClN3O/c1-8(14(20)17-10-3-4-10)19-12-5-2-9(15)6-11(12)18-13(19)7-16/h2,5-6,8,10H,3-4,7H2,1H3,(H,17,20). The molecular formula is C14H15BrClN3O. The molecule has 0 bridgehead atoms. The maximum Gasteiger partial charge on any atom is 0.243 e. The minimum Gasteiger partial charge on any atom is -0.352 e. The second kappa shape index (κ2) is 5.37. The molecule has 1 fully saturated rings. The van der Waals surface area contributed by atoms with Crippen LogP contribution in [0.3, 0.4) is 0 Å². The lowest BCUT2D eigenvalue weighted by Crippen LogP contribution is -2.33. The zero-order chi connectivity index (χ0) is 14.3. The van der Waals surface area contributed by atoms with E-state index in [1.165, 1.54) is 0 Å². The molecule has 0 saturated heterocycles. The number of carbonyl (C=O) groups is 1. The Morgan fingerprint density at radius 2 is 2.35 bits per heavy atom. The van der Waals surface area contributed by atoms with E-state index in [2.05, 4.69) is 26.2 Å². The van der Waals surface area contributed by atoms with Crippen molar-refractivity contribution in [2.75, 3.05) is 0 Å². The van der Waals surface area contributed by atoms with E-state index in [0.29, 0.717) is 6.04 Å². The lowest BCUT2D eigenvalue weighted by atomic mass is 10.2. The topological polar surface area (TPSA) is 46.9 Å². The number of aromatic nitrogens is 2. The van der Waals surface area contributed by atoms with Gasteiger partial charge in [0.05, 0.1) is 16.9 Å². The predicted octanol–water partition coefficient (Wildman–Crippen LogP) is 3.38. The molecule has 6 heteroatoms. The van der Waals surface area contributed by atoms with Crippen molar-refractivity contribution in [3.63, 3.8) is 0 Å². The molecule has 20 heavy (non-hydrogen) atoms. The maximum absolute atomic E-state index is 12.3. The molecule has 4 nitrogen and oxygen atoms in total. The summed E-state index contributed by atoms with van der Waals surface area (Å²) in [5.41, 5.74) is 1.78. The van der Waals surface area contributed by atoms with Crippen LogP contribution in [0.1, 0.15) is 31.6 Å². The molecule has 106 valence electrons. The first-order valence-corrected chi connectivity index (χ1v) is 7.95. The van der Waals surface area contributed by atoms with Gasteiger partial charge < -0.3 is 9.88 Å². The van der Waals surface area contributed by atoms with E-state index in [0.717, 1.165) is 34.2 Å². The van der Waals surface area contributed by atoms with Crippen molar-refractivity contribution in [1.82, 2.24) is 14.9 Å². The Labute approximate surface area is 130 Å². The monoisotopic (exact) mass is 355 g/mol. The van der Waals surface area contributed by atoms with Crippen LogP contribution in [0.5, 0.6) is 0 Å². The zero-order valence-corrected chi connectivity index (χ0v) is 13.4. The van der Waals surface area contributed by atoms with Crippen LogP contribution in [0, 0.1) is 0 Å². The van der Waals surface area contributed by atoms with E-state index in [-0.39, 0.29) is 17.8 Å². The number of hydrogen-bond acceptors (Lipinski definition) is 2. The van der Waals surface area contributed by atoms with Crippen molar-refractivity contribution in [3.8, 4) is 0 Å². The summed E-state index contributed by atoms with van der Waals surface area (Å²) in [6.07, 6.45) is 2.16. The highest BCUT2D eigenvalue weighted by molar-refractivity contribution is 9.10. The molecule has 3 rings (SSSR count). The Bertz CT molecular complexity index is 666. The molecule has 1 aromatic heterocycles. The van der Waals surface area contributed by atoms with Crippen LogP contribution >= 0.6 is 27.5 Å². The van der Waals surface area contributed by atoms with E-state index in [1.54, 1.807) is 0 Å². The number of fused-ring (bicyclic) bond motifs is 1. The molecule has 1 aliphatic carbocycles. The van der Waals surface area contributed by atoms with Crippen molar-refractivity contribution in [1.29, 1.82) is 0 Å². The second-order valence-electron chi connectivity index (χ2n) is 5.12. The Kier molecular flexibility index (Phi) is 3.73. The molecule has 1 N–H and O–H groups in total. The first-order chi connectivity index (χ1) is 9.60. The van der Waals surface area contributed by atoms with Crippen molar-refractivity contribution in [2.45, 2.75) is 37.7 Å².